The summed E-state index contributed by atoms with van der Waals surface area (Å²) < 4.78 is 5.96. The zero-order chi connectivity index (χ0) is 13.8. The largest absolute Gasteiger partial charge is 0.488 e. The standard InChI is InChI=1S/C17H22N2O/c1-13(11-18-15-7-3-4-8-15)20-16-10-14-6-2-5-9-17(14)19-12-16/h2,5-6,9-10,12-13,15,18H,3-4,7-8,11H2,1H3. The number of para-hydroxylation sites is 1. The second kappa shape index (κ2) is 6.23. The van der Waals surface area contributed by atoms with E-state index < -0.39 is 0 Å². The molecular formula is C17H22N2O. The van der Waals surface area contributed by atoms with E-state index in [1.807, 2.05) is 24.4 Å². The summed E-state index contributed by atoms with van der Waals surface area (Å²) in [6, 6.07) is 10.9. The van der Waals surface area contributed by atoms with Crippen molar-refractivity contribution >= 4 is 10.9 Å². The molecule has 3 rings (SSSR count). The van der Waals surface area contributed by atoms with Crippen molar-refractivity contribution in [2.75, 3.05) is 6.54 Å². The molecule has 0 aliphatic heterocycles. The number of pyridine rings is 1. The van der Waals surface area contributed by atoms with Crippen LogP contribution in [-0.2, 0) is 0 Å². The molecule has 1 aromatic heterocycles. The molecule has 0 amide bonds. The number of rotatable bonds is 5. The van der Waals surface area contributed by atoms with Gasteiger partial charge in [0.15, 0.2) is 0 Å². The Morgan fingerprint density at radius 3 is 2.95 bits per heavy atom. The van der Waals surface area contributed by atoms with Crippen LogP contribution >= 0.6 is 0 Å². The van der Waals surface area contributed by atoms with E-state index in [4.69, 9.17) is 4.74 Å². The number of benzene rings is 1. The first-order valence-electron chi connectivity index (χ1n) is 7.56. The van der Waals surface area contributed by atoms with Gasteiger partial charge in [-0.05, 0) is 31.9 Å². The Bertz CT molecular complexity index is 564. The molecule has 0 saturated heterocycles. The number of hydrogen-bond donors (Lipinski definition) is 1. The van der Waals surface area contributed by atoms with Crippen LogP contribution in [0.4, 0.5) is 0 Å². The molecule has 1 aliphatic rings. The minimum atomic E-state index is 0.165. The van der Waals surface area contributed by atoms with E-state index in [1.54, 1.807) is 0 Å². The lowest BCUT2D eigenvalue weighted by Gasteiger charge is -2.18. The molecule has 1 heterocycles. The number of fused-ring (bicyclic) bond motifs is 1. The van der Waals surface area contributed by atoms with Crippen molar-refractivity contribution in [3.8, 4) is 5.75 Å². The SMILES string of the molecule is CC(CNC1CCCC1)Oc1cnc2ccccc2c1. The van der Waals surface area contributed by atoms with Gasteiger partial charge in [-0.15, -0.1) is 0 Å². The van der Waals surface area contributed by atoms with Gasteiger partial charge < -0.3 is 10.1 Å². The highest BCUT2D eigenvalue weighted by Crippen LogP contribution is 2.20. The molecule has 0 bridgehead atoms. The fourth-order valence-electron chi connectivity index (χ4n) is 2.85. The van der Waals surface area contributed by atoms with Crippen LogP contribution in [0.1, 0.15) is 32.6 Å². The third-order valence-corrected chi connectivity index (χ3v) is 3.95. The van der Waals surface area contributed by atoms with Gasteiger partial charge in [-0.25, -0.2) is 0 Å². The van der Waals surface area contributed by atoms with Crippen LogP contribution in [0.5, 0.6) is 5.75 Å². The van der Waals surface area contributed by atoms with Gasteiger partial charge in [-0.2, -0.15) is 0 Å². The third kappa shape index (κ3) is 3.28. The Labute approximate surface area is 120 Å². The highest BCUT2D eigenvalue weighted by atomic mass is 16.5. The molecule has 106 valence electrons. The van der Waals surface area contributed by atoms with E-state index in [2.05, 4.69) is 29.4 Å². The zero-order valence-electron chi connectivity index (χ0n) is 12.0. The normalized spacial score (nSPS) is 17.4. The fourth-order valence-corrected chi connectivity index (χ4v) is 2.85. The molecule has 1 fully saturated rings. The predicted octanol–water partition coefficient (Wildman–Crippen LogP) is 3.53. The predicted molar refractivity (Wildman–Crippen MR) is 82.1 cm³/mol. The second-order valence-corrected chi connectivity index (χ2v) is 5.68. The van der Waals surface area contributed by atoms with Crippen molar-refractivity contribution in [3.05, 3.63) is 36.5 Å². The van der Waals surface area contributed by atoms with Crippen LogP contribution in [0, 0.1) is 0 Å². The number of nitrogens with one attached hydrogen (secondary N) is 1. The summed E-state index contributed by atoms with van der Waals surface area (Å²) in [5.41, 5.74) is 1.01. The maximum Gasteiger partial charge on any atom is 0.138 e. The lowest BCUT2D eigenvalue weighted by molar-refractivity contribution is 0.211. The number of aromatic nitrogens is 1. The molecule has 1 N–H and O–H groups in total. The molecule has 0 spiro atoms. The Kier molecular flexibility index (Phi) is 4.16. The molecule has 3 heteroatoms. The van der Waals surface area contributed by atoms with Crippen LogP contribution in [0.3, 0.4) is 0 Å². The zero-order valence-corrected chi connectivity index (χ0v) is 12.0. The van der Waals surface area contributed by atoms with Gasteiger partial charge >= 0.3 is 0 Å². The molecule has 2 aromatic rings. The summed E-state index contributed by atoms with van der Waals surface area (Å²) in [6.07, 6.45) is 7.32. The van der Waals surface area contributed by atoms with Crippen LogP contribution in [0.25, 0.3) is 10.9 Å². The summed E-state index contributed by atoms with van der Waals surface area (Å²) in [7, 11) is 0. The minimum Gasteiger partial charge on any atom is -0.488 e. The summed E-state index contributed by atoms with van der Waals surface area (Å²) in [6.45, 7) is 3.01. The van der Waals surface area contributed by atoms with E-state index in [0.29, 0.717) is 6.04 Å². The monoisotopic (exact) mass is 270 g/mol. The Morgan fingerprint density at radius 1 is 1.30 bits per heavy atom. The molecule has 1 aliphatic carbocycles. The van der Waals surface area contributed by atoms with E-state index in [-0.39, 0.29) is 6.10 Å². The van der Waals surface area contributed by atoms with Crippen molar-refractivity contribution in [1.82, 2.24) is 10.3 Å². The van der Waals surface area contributed by atoms with Crippen LogP contribution in [0.2, 0.25) is 0 Å². The van der Waals surface area contributed by atoms with Crippen LogP contribution in [-0.4, -0.2) is 23.7 Å². The van der Waals surface area contributed by atoms with Crippen molar-refractivity contribution in [3.63, 3.8) is 0 Å². The molecule has 1 atom stereocenters. The lowest BCUT2D eigenvalue weighted by Crippen LogP contribution is -2.35. The highest BCUT2D eigenvalue weighted by Gasteiger charge is 2.15. The van der Waals surface area contributed by atoms with Crippen molar-refractivity contribution in [2.24, 2.45) is 0 Å². The van der Waals surface area contributed by atoms with E-state index in [1.165, 1.54) is 25.7 Å². The average molecular weight is 270 g/mol. The van der Waals surface area contributed by atoms with Crippen molar-refractivity contribution < 1.29 is 4.74 Å². The van der Waals surface area contributed by atoms with Gasteiger partial charge in [-0.3, -0.25) is 4.98 Å². The van der Waals surface area contributed by atoms with E-state index in [9.17, 15) is 0 Å². The third-order valence-electron chi connectivity index (χ3n) is 3.95. The quantitative estimate of drug-likeness (QED) is 0.902. The lowest BCUT2D eigenvalue weighted by atomic mass is 10.2. The summed E-state index contributed by atoms with van der Waals surface area (Å²) in [4.78, 5) is 4.43. The van der Waals surface area contributed by atoms with Gasteiger partial charge in [0.25, 0.3) is 0 Å². The first kappa shape index (κ1) is 13.4. The van der Waals surface area contributed by atoms with Gasteiger partial charge in [0, 0.05) is 18.0 Å². The highest BCUT2D eigenvalue weighted by molar-refractivity contribution is 5.79. The van der Waals surface area contributed by atoms with Crippen molar-refractivity contribution in [2.45, 2.75) is 44.8 Å². The first-order valence-corrected chi connectivity index (χ1v) is 7.56. The Hall–Kier alpha value is -1.61. The summed E-state index contributed by atoms with van der Waals surface area (Å²) in [5.74, 6) is 0.851. The molecule has 20 heavy (non-hydrogen) atoms. The van der Waals surface area contributed by atoms with E-state index in [0.717, 1.165) is 23.2 Å². The van der Waals surface area contributed by atoms with Crippen molar-refractivity contribution in [1.29, 1.82) is 0 Å². The second-order valence-electron chi connectivity index (χ2n) is 5.68. The molecule has 1 unspecified atom stereocenters. The maximum atomic E-state index is 5.96. The van der Waals surface area contributed by atoms with Gasteiger partial charge in [0.2, 0.25) is 0 Å². The maximum absolute atomic E-state index is 5.96. The molecule has 0 radical (unpaired) electrons. The van der Waals surface area contributed by atoms with E-state index >= 15 is 0 Å². The molecule has 3 nitrogen and oxygen atoms in total. The van der Waals surface area contributed by atoms with Crippen LogP contribution in [0.15, 0.2) is 36.5 Å². The minimum absolute atomic E-state index is 0.165. The molecule has 1 aromatic carbocycles. The van der Waals surface area contributed by atoms with Gasteiger partial charge in [0.1, 0.15) is 11.9 Å². The topological polar surface area (TPSA) is 34.1 Å². The average Bonchev–Trinajstić information content (AvgIpc) is 2.98. The van der Waals surface area contributed by atoms with Crippen LogP contribution < -0.4 is 10.1 Å². The molecular weight excluding hydrogens is 248 g/mol. The fraction of sp³-hybridized carbons (Fsp3) is 0.471. The first-order chi connectivity index (χ1) is 9.81. The summed E-state index contributed by atoms with van der Waals surface area (Å²) >= 11 is 0. The summed E-state index contributed by atoms with van der Waals surface area (Å²) in [5, 5.41) is 4.72. The Morgan fingerprint density at radius 2 is 2.10 bits per heavy atom. The number of ether oxygens (including phenoxy) is 1. The Balaban J connectivity index is 1.57. The number of nitrogens with zero attached hydrogens (tertiary/aromatic N) is 1. The van der Waals surface area contributed by atoms with Gasteiger partial charge in [-0.1, -0.05) is 31.0 Å². The smallest absolute Gasteiger partial charge is 0.138 e. The van der Waals surface area contributed by atoms with Gasteiger partial charge in [0.05, 0.1) is 11.7 Å². The number of hydrogen-bond acceptors (Lipinski definition) is 3. The molecule has 1 saturated carbocycles.